The van der Waals surface area contributed by atoms with Gasteiger partial charge in [-0.05, 0) is 25.2 Å². The highest BCUT2D eigenvalue weighted by Gasteiger charge is 2.44. The molecule has 3 atom stereocenters. The second-order valence-electron chi connectivity index (χ2n) is 4.14. The zero-order valence-corrected chi connectivity index (χ0v) is 9.30. The van der Waals surface area contributed by atoms with Crippen LogP contribution in [0.15, 0.2) is 0 Å². The van der Waals surface area contributed by atoms with Crippen LogP contribution in [0.3, 0.4) is 0 Å². The molecule has 0 bridgehead atoms. The van der Waals surface area contributed by atoms with Gasteiger partial charge in [-0.2, -0.15) is 0 Å². The van der Waals surface area contributed by atoms with Crippen LogP contribution in [-0.4, -0.2) is 25.4 Å². The maximum absolute atomic E-state index is 6.08. The molecule has 1 rings (SSSR count). The Morgan fingerprint density at radius 1 is 1.46 bits per heavy atom. The molecule has 1 aliphatic rings. The van der Waals surface area contributed by atoms with Crippen LogP contribution in [0.5, 0.6) is 0 Å². The fraction of sp³-hybridized carbons (Fsp3) is 1.00. The second kappa shape index (κ2) is 4.43. The minimum Gasteiger partial charge on any atom is -0.382 e. The molecule has 1 heterocycles. The molecule has 2 nitrogen and oxygen atoms in total. The van der Waals surface area contributed by atoms with E-state index in [0.29, 0.717) is 12.0 Å². The lowest BCUT2D eigenvalue weighted by molar-refractivity contribution is -0.0993. The lowest BCUT2D eigenvalue weighted by Crippen LogP contribution is -2.38. The molecule has 13 heavy (non-hydrogen) atoms. The largest absolute Gasteiger partial charge is 0.382 e. The number of ether oxygens (including phenoxy) is 2. The monoisotopic (exact) mass is 186 g/mol. The summed E-state index contributed by atoms with van der Waals surface area (Å²) in [6, 6.07) is 0. The van der Waals surface area contributed by atoms with E-state index in [-0.39, 0.29) is 5.60 Å². The van der Waals surface area contributed by atoms with Gasteiger partial charge in [0.05, 0.1) is 18.3 Å². The van der Waals surface area contributed by atoms with Crippen LogP contribution in [-0.2, 0) is 9.47 Å². The topological polar surface area (TPSA) is 18.5 Å². The van der Waals surface area contributed by atoms with Gasteiger partial charge in [0.15, 0.2) is 0 Å². The first-order valence-corrected chi connectivity index (χ1v) is 5.35. The van der Waals surface area contributed by atoms with E-state index in [0.717, 1.165) is 19.4 Å². The van der Waals surface area contributed by atoms with Crippen LogP contribution in [0.1, 0.15) is 40.0 Å². The number of rotatable bonds is 4. The molecule has 0 saturated carbocycles. The SMILES string of the molecule is CCC1CC(C)[C@@](CC)(COC)O1. The molecule has 0 aromatic carbocycles. The summed E-state index contributed by atoms with van der Waals surface area (Å²) in [5.74, 6) is 0.627. The van der Waals surface area contributed by atoms with Crippen molar-refractivity contribution in [3.63, 3.8) is 0 Å². The van der Waals surface area contributed by atoms with Crippen molar-refractivity contribution in [1.29, 1.82) is 0 Å². The molecule has 2 unspecified atom stereocenters. The maximum Gasteiger partial charge on any atom is 0.0942 e. The molecule has 1 saturated heterocycles. The van der Waals surface area contributed by atoms with E-state index >= 15 is 0 Å². The summed E-state index contributed by atoms with van der Waals surface area (Å²) in [5, 5.41) is 0. The minimum atomic E-state index is -0.00454. The van der Waals surface area contributed by atoms with Gasteiger partial charge in [-0.25, -0.2) is 0 Å². The van der Waals surface area contributed by atoms with E-state index in [1.165, 1.54) is 6.42 Å². The third kappa shape index (κ3) is 2.05. The Bertz CT molecular complexity index is 158. The standard InChI is InChI=1S/C11H22O2/c1-5-10-7-9(3)11(6-2,13-10)8-12-4/h9-10H,5-8H2,1-4H3/t9?,10?,11-/m1/s1. The number of hydrogen-bond acceptors (Lipinski definition) is 2. The van der Waals surface area contributed by atoms with Gasteiger partial charge in [0.2, 0.25) is 0 Å². The molecule has 0 aliphatic carbocycles. The highest BCUT2D eigenvalue weighted by atomic mass is 16.6. The van der Waals surface area contributed by atoms with E-state index < -0.39 is 0 Å². The van der Waals surface area contributed by atoms with E-state index in [1.807, 2.05) is 0 Å². The Balaban J connectivity index is 2.64. The van der Waals surface area contributed by atoms with Crippen LogP contribution < -0.4 is 0 Å². The fourth-order valence-electron chi connectivity index (χ4n) is 2.31. The molecular formula is C11H22O2. The average Bonchev–Trinajstić information content (AvgIpc) is 2.45. The lowest BCUT2D eigenvalue weighted by atomic mass is 9.86. The van der Waals surface area contributed by atoms with Gasteiger partial charge in [-0.3, -0.25) is 0 Å². The van der Waals surface area contributed by atoms with Gasteiger partial charge < -0.3 is 9.47 Å². The predicted octanol–water partition coefficient (Wildman–Crippen LogP) is 2.62. The van der Waals surface area contributed by atoms with Crippen molar-refractivity contribution in [3.05, 3.63) is 0 Å². The first kappa shape index (κ1) is 11.0. The van der Waals surface area contributed by atoms with Gasteiger partial charge in [0.25, 0.3) is 0 Å². The quantitative estimate of drug-likeness (QED) is 0.672. The molecule has 0 aromatic heterocycles. The highest BCUT2D eigenvalue weighted by Crippen LogP contribution is 2.39. The van der Waals surface area contributed by atoms with Crippen molar-refractivity contribution in [2.45, 2.75) is 51.7 Å². The average molecular weight is 186 g/mol. The van der Waals surface area contributed by atoms with Gasteiger partial charge >= 0.3 is 0 Å². The Morgan fingerprint density at radius 3 is 2.54 bits per heavy atom. The van der Waals surface area contributed by atoms with Crippen molar-refractivity contribution in [1.82, 2.24) is 0 Å². The molecule has 78 valence electrons. The van der Waals surface area contributed by atoms with Gasteiger partial charge in [-0.1, -0.05) is 20.8 Å². The second-order valence-corrected chi connectivity index (χ2v) is 4.14. The fourth-order valence-corrected chi connectivity index (χ4v) is 2.31. The summed E-state index contributed by atoms with van der Waals surface area (Å²) in [6.07, 6.45) is 3.81. The smallest absolute Gasteiger partial charge is 0.0942 e. The Labute approximate surface area is 81.6 Å². The van der Waals surface area contributed by atoms with Crippen molar-refractivity contribution in [2.24, 2.45) is 5.92 Å². The molecule has 0 aromatic rings. The van der Waals surface area contributed by atoms with Crippen LogP contribution in [0, 0.1) is 5.92 Å². The molecule has 0 radical (unpaired) electrons. The molecule has 2 heteroatoms. The Kier molecular flexibility index (Phi) is 3.74. The van der Waals surface area contributed by atoms with E-state index in [2.05, 4.69) is 20.8 Å². The number of hydrogen-bond donors (Lipinski definition) is 0. The highest BCUT2D eigenvalue weighted by molar-refractivity contribution is 4.92. The van der Waals surface area contributed by atoms with Gasteiger partial charge in [0.1, 0.15) is 0 Å². The molecule has 0 amide bonds. The van der Waals surface area contributed by atoms with Crippen molar-refractivity contribution >= 4 is 0 Å². The molecule has 1 fully saturated rings. The Hall–Kier alpha value is -0.0800. The third-order valence-electron chi connectivity index (χ3n) is 3.36. The molecule has 0 spiro atoms. The van der Waals surface area contributed by atoms with E-state index in [9.17, 15) is 0 Å². The summed E-state index contributed by atoms with van der Waals surface area (Å²) in [6.45, 7) is 7.39. The van der Waals surface area contributed by atoms with E-state index in [4.69, 9.17) is 9.47 Å². The first-order chi connectivity index (χ1) is 6.18. The van der Waals surface area contributed by atoms with Crippen molar-refractivity contribution in [2.75, 3.05) is 13.7 Å². The normalized spacial score (nSPS) is 39.7. The summed E-state index contributed by atoms with van der Waals surface area (Å²) in [4.78, 5) is 0. The molecule has 1 aliphatic heterocycles. The zero-order chi connectivity index (χ0) is 9.90. The summed E-state index contributed by atoms with van der Waals surface area (Å²) >= 11 is 0. The van der Waals surface area contributed by atoms with Gasteiger partial charge in [-0.15, -0.1) is 0 Å². The number of methoxy groups -OCH3 is 1. The first-order valence-electron chi connectivity index (χ1n) is 5.35. The summed E-state index contributed by atoms with van der Waals surface area (Å²) in [5.41, 5.74) is -0.00454. The summed E-state index contributed by atoms with van der Waals surface area (Å²) in [7, 11) is 1.76. The van der Waals surface area contributed by atoms with Crippen molar-refractivity contribution in [3.8, 4) is 0 Å². The predicted molar refractivity (Wildman–Crippen MR) is 53.8 cm³/mol. The molecule has 0 N–H and O–H groups in total. The van der Waals surface area contributed by atoms with Gasteiger partial charge in [0, 0.05) is 7.11 Å². The van der Waals surface area contributed by atoms with Crippen LogP contribution in [0.25, 0.3) is 0 Å². The van der Waals surface area contributed by atoms with Crippen LogP contribution >= 0.6 is 0 Å². The van der Waals surface area contributed by atoms with Crippen molar-refractivity contribution < 1.29 is 9.47 Å². The molecular weight excluding hydrogens is 164 g/mol. The lowest BCUT2D eigenvalue weighted by Gasteiger charge is -2.31. The minimum absolute atomic E-state index is 0.00454. The third-order valence-corrected chi connectivity index (χ3v) is 3.36. The zero-order valence-electron chi connectivity index (χ0n) is 9.30. The van der Waals surface area contributed by atoms with Crippen LogP contribution in [0.2, 0.25) is 0 Å². The van der Waals surface area contributed by atoms with E-state index in [1.54, 1.807) is 7.11 Å². The Morgan fingerprint density at radius 2 is 2.15 bits per heavy atom. The summed E-state index contributed by atoms with van der Waals surface area (Å²) < 4.78 is 11.3. The van der Waals surface area contributed by atoms with Crippen LogP contribution in [0.4, 0.5) is 0 Å². The maximum atomic E-state index is 6.08.